The van der Waals surface area contributed by atoms with E-state index in [-0.39, 0.29) is 23.9 Å². The van der Waals surface area contributed by atoms with Crippen molar-refractivity contribution in [2.24, 2.45) is 0 Å². The lowest BCUT2D eigenvalue weighted by molar-refractivity contribution is 0.176. The van der Waals surface area contributed by atoms with Gasteiger partial charge in [-0.05, 0) is 61.4 Å². The Bertz CT molecular complexity index is 730. The van der Waals surface area contributed by atoms with Crippen LogP contribution in [0.25, 0.3) is 0 Å². The molecule has 1 saturated carbocycles. The first-order chi connectivity index (χ1) is 14.0. The van der Waals surface area contributed by atoms with Gasteiger partial charge >= 0.3 is 6.03 Å². The van der Waals surface area contributed by atoms with Crippen LogP contribution in [0.3, 0.4) is 0 Å². The molecule has 0 heterocycles. The predicted octanol–water partition coefficient (Wildman–Crippen LogP) is 5.25. The smallest absolute Gasteiger partial charge is 0.327 e. The van der Waals surface area contributed by atoms with Gasteiger partial charge in [0, 0.05) is 12.1 Å². The lowest BCUT2D eigenvalue weighted by atomic mass is 9.89. The van der Waals surface area contributed by atoms with Gasteiger partial charge in [0.05, 0.1) is 4.90 Å². The number of benzene rings is 1. The van der Waals surface area contributed by atoms with Gasteiger partial charge in [-0.25, -0.2) is 9.00 Å². The monoisotopic (exact) mass is 435 g/mol. The number of urea groups is 1. The molecule has 0 bridgehead atoms. The molecule has 1 aromatic carbocycles. The standard InChI is InChI=1S/C24H41N3O2S/c1-15(2)18-13-19(16(3)4)23(20(14-18)17(5)6)30(29)26-24(28)25-21-11-9-10-12-22(21)27(7)8/h13-17,21-22H,9-12H2,1-8H3,(H2,25,26,28)/t21-,22-,30?/m0/s1. The van der Waals surface area contributed by atoms with Crippen molar-refractivity contribution >= 4 is 17.0 Å². The van der Waals surface area contributed by atoms with Gasteiger partial charge in [-0.2, -0.15) is 0 Å². The van der Waals surface area contributed by atoms with Crippen LogP contribution < -0.4 is 10.0 Å². The van der Waals surface area contributed by atoms with Crippen LogP contribution in [0.1, 0.15) is 102 Å². The maximum Gasteiger partial charge on any atom is 0.327 e. The molecule has 1 aliphatic carbocycles. The highest BCUT2D eigenvalue weighted by molar-refractivity contribution is 7.83. The van der Waals surface area contributed by atoms with Crippen molar-refractivity contribution in [1.82, 2.24) is 14.9 Å². The largest absolute Gasteiger partial charge is 0.333 e. The van der Waals surface area contributed by atoms with Gasteiger partial charge in [-0.3, -0.25) is 4.72 Å². The molecule has 1 unspecified atom stereocenters. The maximum absolute atomic E-state index is 13.4. The zero-order valence-corrected chi connectivity index (χ0v) is 20.9. The summed E-state index contributed by atoms with van der Waals surface area (Å²) < 4.78 is 16.1. The van der Waals surface area contributed by atoms with Gasteiger partial charge < -0.3 is 10.2 Å². The van der Waals surface area contributed by atoms with Gasteiger partial charge in [0.1, 0.15) is 0 Å². The van der Waals surface area contributed by atoms with E-state index in [2.05, 4.69) is 82.7 Å². The highest BCUT2D eigenvalue weighted by Gasteiger charge is 2.29. The molecule has 170 valence electrons. The zero-order chi connectivity index (χ0) is 22.6. The highest BCUT2D eigenvalue weighted by atomic mass is 32.2. The molecule has 0 spiro atoms. The molecule has 0 aromatic heterocycles. The topological polar surface area (TPSA) is 61.4 Å². The van der Waals surface area contributed by atoms with Crippen molar-refractivity contribution in [1.29, 1.82) is 0 Å². The molecule has 2 rings (SSSR count). The van der Waals surface area contributed by atoms with E-state index < -0.39 is 11.0 Å². The quantitative estimate of drug-likeness (QED) is 0.615. The second kappa shape index (κ2) is 10.8. The molecular weight excluding hydrogens is 394 g/mol. The summed E-state index contributed by atoms with van der Waals surface area (Å²) in [5, 5.41) is 3.09. The Morgan fingerprint density at radius 3 is 1.97 bits per heavy atom. The van der Waals surface area contributed by atoms with Crippen LogP contribution in [-0.4, -0.2) is 41.3 Å². The van der Waals surface area contributed by atoms with Gasteiger partial charge in [0.2, 0.25) is 0 Å². The number of likely N-dealkylation sites (N-methyl/N-ethyl adjacent to an activating group) is 1. The average molecular weight is 436 g/mol. The molecule has 5 nitrogen and oxygen atoms in total. The second-order valence-electron chi connectivity index (χ2n) is 9.76. The fourth-order valence-electron chi connectivity index (χ4n) is 4.33. The lowest BCUT2D eigenvalue weighted by Gasteiger charge is -2.36. The number of hydrogen-bond acceptors (Lipinski definition) is 3. The Morgan fingerprint density at radius 2 is 1.50 bits per heavy atom. The molecule has 2 amide bonds. The van der Waals surface area contributed by atoms with Gasteiger partial charge in [0.15, 0.2) is 11.0 Å². The van der Waals surface area contributed by atoms with E-state index >= 15 is 0 Å². The average Bonchev–Trinajstić information content (AvgIpc) is 2.66. The predicted molar refractivity (Wildman–Crippen MR) is 127 cm³/mol. The van der Waals surface area contributed by atoms with Crippen molar-refractivity contribution in [3.05, 3.63) is 28.8 Å². The molecule has 3 atom stereocenters. The Labute approximate surface area is 186 Å². The fourth-order valence-corrected chi connectivity index (χ4v) is 5.68. The van der Waals surface area contributed by atoms with Crippen LogP contribution in [0.2, 0.25) is 0 Å². The third-order valence-electron chi connectivity index (χ3n) is 6.16. The summed E-state index contributed by atoms with van der Waals surface area (Å²) in [5.41, 5.74) is 3.38. The Morgan fingerprint density at radius 1 is 0.967 bits per heavy atom. The minimum absolute atomic E-state index is 0.0863. The van der Waals surface area contributed by atoms with Crippen LogP contribution in [0.15, 0.2) is 17.0 Å². The van der Waals surface area contributed by atoms with Crippen molar-refractivity contribution in [3.8, 4) is 0 Å². The normalized spacial score (nSPS) is 20.8. The summed E-state index contributed by atoms with van der Waals surface area (Å²) >= 11 is 0. The molecule has 30 heavy (non-hydrogen) atoms. The Balaban J connectivity index is 2.28. The maximum atomic E-state index is 13.4. The number of hydrogen-bond donors (Lipinski definition) is 2. The van der Waals surface area contributed by atoms with Crippen molar-refractivity contribution in [2.75, 3.05) is 14.1 Å². The Kier molecular flexibility index (Phi) is 8.92. The summed E-state index contributed by atoms with van der Waals surface area (Å²) in [5.74, 6) is 0.843. The summed E-state index contributed by atoms with van der Waals surface area (Å²) in [6.07, 6.45) is 4.34. The summed E-state index contributed by atoms with van der Waals surface area (Å²) in [4.78, 5) is 15.7. The van der Waals surface area contributed by atoms with E-state index in [4.69, 9.17) is 0 Å². The molecule has 0 saturated heterocycles. The number of carbonyl (C=O) groups is 1. The minimum Gasteiger partial charge on any atom is -0.333 e. The van der Waals surface area contributed by atoms with Gasteiger partial charge in [-0.15, -0.1) is 0 Å². The van der Waals surface area contributed by atoms with E-state index in [0.29, 0.717) is 12.0 Å². The van der Waals surface area contributed by atoms with E-state index in [0.717, 1.165) is 35.3 Å². The molecule has 1 aromatic rings. The third kappa shape index (κ3) is 6.07. The summed E-state index contributed by atoms with van der Waals surface area (Å²) in [7, 11) is 2.51. The first-order valence-electron chi connectivity index (χ1n) is 11.4. The zero-order valence-electron chi connectivity index (χ0n) is 20.0. The van der Waals surface area contributed by atoms with Crippen LogP contribution in [0.5, 0.6) is 0 Å². The minimum atomic E-state index is -1.60. The van der Waals surface area contributed by atoms with E-state index in [1.165, 1.54) is 12.0 Å². The summed E-state index contributed by atoms with van der Waals surface area (Å²) in [6, 6.07) is 4.39. The van der Waals surface area contributed by atoms with Gasteiger partial charge in [0.25, 0.3) is 0 Å². The SMILES string of the molecule is CC(C)c1cc(C(C)C)c(S(=O)NC(=O)N[C@H]2CCCC[C@@H]2N(C)C)c(C(C)C)c1. The molecule has 6 heteroatoms. The molecule has 0 aliphatic heterocycles. The van der Waals surface area contributed by atoms with Crippen molar-refractivity contribution in [3.63, 3.8) is 0 Å². The number of rotatable bonds is 7. The lowest BCUT2D eigenvalue weighted by Crippen LogP contribution is -2.53. The fraction of sp³-hybridized carbons (Fsp3) is 0.708. The summed E-state index contributed by atoms with van der Waals surface area (Å²) in [6.45, 7) is 12.8. The van der Waals surface area contributed by atoms with Crippen molar-refractivity contribution in [2.45, 2.75) is 102 Å². The molecular formula is C24H41N3O2S. The van der Waals surface area contributed by atoms with E-state index in [1.807, 2.05) is 0 Å². The van der Waals surface area contributed by atoms with Crippen LogP contribution in [0.4, 0.5) is 4.79 Å². The third-order valence-corrected chi connectivity index (χ3v) is 7.37. The number of carbonyl (C=O) groups excluding carboxylic acids is 1. The van der Waals surface area contributed by atoms with Crippen LogP contribution in [-0.2, 0) is 11.0 Å². The first kappa shape index (κ1) is 24.9. The van der Waals surface area contributed by atoms with E-state index in [1.54, 1.807) is 0 Å². The molecule has 1 aliphatic rings. The highest BCUT2D eigenvalue weighted by Crippen LogP contribution is 2.34. The molecule has 1 fully saturated rings. The molecule has 0 radical (unpaired) electrons. The van der Waals surface area contributed by atoms with Crippen LogP contribution in [0, 0.1) is 0 Å². The second-order valence-corrected chi connectivity index (χ2v) is 10.9. The number of amides is 2. The van der Waals surface area contributed by atoms with Crippen LogP contribution >= 0.6 is 0 Å². The number of nitrogens with zero attached hydrogens (tertiary/aromatic N) is 1. The first-order valence-corrected chi connectivity index (χ1v) is 12.5. The molecule has 2 N–H and O–H groups in total. The number of nitrogens with one attached hydrogen (secondary N) is 2. The van der Waals surface area contributed by atoms with Crippen molar-refractivity contribution < 1.29 is 9.00 Å². The van der Waals surface area contributed by atoms with Gasteiger partial charge in [-0.1, -0.05) is 66.5 Å². The van der Waals surface area contributed by atoms with E-state index in [9.17, 15) is 9.00 Å². The Hall–Kier alpha value is -1.40.